The van der Waals surface area contributed by atoms with Crippen LogP contribution in [0.5, 0.6) is 23.0 Å². The van der Waals surface area contributed by atoms with Gasteiger partial charge in [0.05, 0.1) is 7.11 Å². The minimum absolute atomic E-state index is 0.172. The van der Waals surface area contributed by atoms with E-state index in [1.807, 2.05) is 48.6 Å². The SMILES string of the molecule is COc1ccccc1C1C=Cc2cc3c(cc2O1)OCO3. The van der Waals surface area contributed by atoms with Crippen molar-refractivity contribution in [2.45, 2.75) is 6.10 Å². The van der Waals surface area contributed by atoms with E-state index in [9.17, 15) is 0 Å². The zero-order valence-electron chi connectivity index (χ0n) is 11.5. The van der Waals surface area contributed by atoms with Gasteiger partial charge in [-0.3, -0.25) is 0 Å². The lowest BCUT2D eigenvalue weighted by Gasteiger charge is -2.23. The summed E-state index contributed by atoms with van der Waals surface area (Å²) in [5, 5.41) is 0. The predicted molar refractivity (Wildman–Crippen MR) is 78.0 cm³/mol. The van der Waals surface area contributed by atoms with Gasteiger partial charge in [0.25, 0.3) is 0 Å². The Labute approximate surface area is 122 Å². The van der Waals surface area contributed by atoms with E-state index in [2.05, 4.69) is 0 Å². The van der Waals surface area contributed by atoms with Crippen LogP contribution in [0, 0.1) is 0 Å². The summed E-state index contributed by atoms with van der Waals surface area (Å²) in [4.78, 5) is 0. The van der Waals surface area contributed by atoms with Crippen LogP contribution in [-0.4, -0.2) is 13.9 Å². The second-order valence-corrected chi connectivity index (χ2v) is 4.88. The van der Waals surface area contributed by atoms with Crippen molar-refractivity contribution < 1.29 is 18.9 Å². The predicted octanol–water partition coefficient (Wildman–Crippen LogP) is 3.57. The van der Waals surface area contributed by atoms with Crippen molar-refractivity contribution >= 4 is 6.08 Å². The average Bonchev–Trinajstić information content (AvgIpc) is 2.99. The number of methoxy groups -OCH3 is 1. The van der Waals surface area contributed by atoms with Gasteiger partial charge in [0.2, 0.25) is 6.79 Å². The second-order valence-electron chi connectivity index (χ2n) is 4.88. The molecule has 0 fully saturated rings. The van der Waals surface area contributed by atoms with Crippen molar-refractivity contribution in [1.29, 1.82) is 0 Å². The summed E-state index contributed by atoms with van der Waals surface area (Å²) >= 11 is 0. The first-order chi connectivity index (χ1) is 10.3. The highest BCUT2D eigenvalue weighted by atomic mass is 16.7. The minimum Gasteiger partial charge on any atom is -0.496 e. The molecule has 0 bridgehead atoms. The molecular weight excluding hydrogens is 268 g/mol. The molecule has 0 radical (unpaired) electrons. The van der Waals surface area contributed by atoms with Gasteiger partial charge in [0, 0.05) is 17.2 Å². The Kier molecular flexibility index (Phi) is 2.74. The molecule has 21 heavy (non-hydrogen) atoms. The van der Waals surface area contributed by atoms with E-state index in [0.29, 0.717) is 0 Å². The Hall–Kier alpha value is -2.62. The molecule has 0 saturated heterocycles. The molecule has 0 aliphatic carbocycles. The smallest absolute Gasteiger partial charge is 0.231 e. The number of hydrogen-bond donors (Lipinski definition) is 0. The molecule has 1 unspecified atom stereocenters. The number of rotatable bonds is 2. The van der Waals surface area contributed by atoms with E-state index in [4.69, 9.17) is 18.9 Å². The number of para-hydroxylation sites is 1. The van der Waals surface area contributed by atoms with Gasteiger partial charge in [0.1, 0.15) is 17.6 Å². The maximum Gasteiger partial charge on any atom is 0.231 e. The van der Waals surface area contributed by atoms with Crippen molar-refractivity contribution in [2.75, 3.05) is 13.9 Å². The van der Waals surface area contributed by atoms with Crippen LogP contribution >= 0.6 is 0 Å². The van der Waals surface area contributed by atoms with Crippen LogP contribution in [0.25, 0.3) is 6.08 Å². The molecular formula is C17H14O4. The first-order valence-corrected chi connectivity index (χ1v) is 6.76. The van der Waals surface area contributed by atoms with Gasteiger partial charge in [-0.1, -0.05) is 24.3 Å². The molecule has 0 saturated carbocycles. The second kappa shape index (κ2) is 4.74. The lowest BCUT2D eigenvalue weighted by atomic mass is 10.0. The molecule has 0 amide bonds. The van der Waals surface area contributed by atoms with Crippen LogP contribution in [0.15, 0.2) is 42.5 Å². The van der Waals surface area contributed by atoms with E-state index >= 15 is 0 Å². The highest BCUT2D eigenvalue weighted by molar-refractivity contribution is 5.66. The third-order valence-corrected chi connectivity index (χ3v) is 3.65. The highest BCUT2D eigenvalue weighted by Gasteiger charge is 2.23. The summed E-state index contributed by atoms with van der Waals surface area (Å²) in [6.07, 6.45) is 3.88. The molecule has 0 N–H and O–H groups in total. The van der Waals surface area contributed by atoms with E-state index in [1.165, 1.54) is 0 Å². The lowest BCUT2D eigenvalue weighted by Crippen LogP contribution is -2.10. The fourth-order valence-electron chi connectivity index (χ4n) is 2.61. The number of hydrogen-bond acceptors (Lipinski definition) is 4. The van der Waals surface area contributed by atoms with Gasteiger partial charge in [-0.2, -0.15) is 0 Å². The van der Waals surface area contributed by atoms with Gasteiger partial charge < -0.3 is 18.9 Å². The fourth-order valence-corrected chi connectivity index (χ4v) is 2.61. The van der Waals surface area contributed by atoms with Crippen LogP contribution in [-0.2, 0) is 0 Å². The monoisotopic (exact) mass is 282 g/mol. The van der Waals surface area contributed by atoms with Gasteiger partial charge in [-0.15, -0.1) is 0 Å². The first kappa shape index (κ1) is 12.1. The number of fused-ring (bicyclic) bond motifs is 2. The van der Waals surface area contributed by atoms with Gasteiger partial charge in [-0.25, -0.2) is 0 Å². The summed E-state index contributed by atoms with van der Waals surface area (Å²) in [6.45, 7) is 0.262. The Balaban J connectivity index is 1.71. The average molecular weight is 282 g/mol. The fraction of sp³-hybridized carbons (Fsp3) is 0.176. The maximum absolute atomic E-state index is 6.08. The first-order valence-electron chi connectivity index (χ1n) is 6.76. The Morgan fingerprint density at radius 2 is 1.86 bits per heavy atom. The van der Waals surface area contributed by atoms with Gasteiger partial charge in [-0.05, 0) is 18.2 Å². The summed E-state index contributed by atoms with van der Waals surface area (Å²) in [5.41, 5.74) is 1.99. The van der Waals surface area contributed by atoms with Crippen molar-refractivity contribution in [2.24, 2.45) is 0 Å². The quantitative estimate of drug-likeness (QED) is 0.843. The van der Waals surface area contributed by atoms with E-state index in [1.54, 1.807) is 7.11 Å². The molecule has 2 aromatic rings. The van der Waals surface area contributed by atoms with E-state index < -0.39 is 0 Å². The summed E-state index contributed by atoms with van der Waals surface area (Å²) < 4.78 is 22.3. The van der Waals surface area contributed by atoms with Crippen LogP contribution in [0.4, 0.5) is 0 Å². The third-order valence-electron chi connectivity index (χ3n) is 3.65. The third kappa shape index (κ3) is 2.00. The van der Waals surface area contributed by atoms with E-state index in [-0.39, 0.29) is 12.9 Å². The zero-order chi connectivity index (χ0) is 14.2. The molecule has 2 aliphatic rings. The minimum atomic E-state index is -0.172. The topological polar surface area (TPSA) is 36.9 Å². The molecule has 4 heteroatoms. The van der Waals surface area contributed by atoms with Gasteiger partial charge >= 0.3 is 0 Å². The molecule has 2 heterocycles. The highest BCUT2D eigenvalue weighted by Crippen LogP contribution is 2.43. The number of ether oxygens (including phenoxy) is 4. The molecule has 4 rings (SSSR count). The molecule has 106 valence electrons. The number of benzene rings is 2. The van der Waals surface area contributed by atoms with Crippen molar-refractivity contribution in [3.05, 3.63) is 53.6 Å². The normalized spacial score (nSPS) is 18.0. The molecule has 0 aromatic heterocycles. The van der Waals surface area contributed by atoms with E-state index in [0.717, 1.165) is 34.1 Å². The molecule has 2 aliphatic heterocycles. The van der Waals surface area contributed by atoms with Crippen LogP contribution in [0.3, 0.4) is 0 Å². The summed E-state index contributed by atoms with van der Waals surface area (Å²) in [5.74, 6) is 3.09. The lowest BCUT2D eigenvalue weighted by molar-refractivity contribution is 0.173. The molecule has 4 nitrogen and oxygen atoms in total. The van der Waals surface area contributed by atoms with Crippen LogP contribution < -0.4 is 18.9 Å². The Morgan fingerprint density at radius 3 is 2.71 bits per heavy atom. The van der Waals surface area contributed by atoms with Crippen LogP contribution in [0.2, 0.25) is 0 Å². The van der Waals surface area contributed by atoms with Gasteiger partial charge in [0.15, 0.2) is 11.5 Å². The largest absolute Gasteiger partial charge is 0.496 e. The van der Waals surface area contributed by atoms with Crippen molar-refractivity contribution in [1.82, 2.24) is 0 Å². The van der Waals surface area contributed by atoms with Crippen LogP contribution in [0.1, 0.15) is 17.2 Å². The molecule has 0 spiro atoms. The summed E-state index contributed by atoms with van der Waals surface area (Å²) in [6, 6.07) is 11.7. The zero-order valence-corrected chi connectivity index (χ0v) is 11.5. The van der Waals surface area contributed by atoms with Crippen molar-refractivity contribution in [3.8, 4) is 23.0 Å². The summed E-state index contributed by atoms with van der Waals surface area (Å²) in [7, 11) is 1.66. The molecule has 2 aromatic carbocycles. The molecule has 1 atom stereocenters. The Morgan fingerprint density at radius 1 is 1.05 bits per heavy atom. The van der Waals surface area contributed by atoms with Crippen molar-refractivity contribution in [3.63, 3.8) is 0 Å². The maximum atomic E-state index is 6.08. The Bertz CT molecular complexity index is 721. The standard InChI is InChI=1S/C17H14O4/c1-18-13-5-3-2-4-12(13)14-7-6-11-8-16-17(20-10-19-16)9-15(11)21-14/h2-9,14H,10H2,1H3.